The van der Waals surface area contributed by atoms with Crippen LogP contribution in [0.3, 0.4) is 0 Å². The van der Waals surface area contributed by atoms with Gasteiger partial charge in [-0.25, -0.2) is 4.98 Å². The van der Waals surface area contributed by atoms with Crippen LogP contribution in [-0.4, -0.2) is 35.6 Å². The van der Waals surface area contributed by atoms with E-state index in [1.807, 2.05) is 53.2 Å². The number of nitrogens with one attached hydrogen (secondary N) is 2. The highest BCUT2D eigenvalue weighted by Gasteiger charge is 2.20. The Kier molecular flexibility index (Phi) is 5.93. The van der Waals surface area contributed by atoms with Crippen LogP contribution in [0.25, 0.3) is 11.1 Å². The van der Waals surface area contributed by atoms with Crippen LogP contribution in [0, 0.1) is 0 Å². The number of imidazole rings is 1. The number of esters is 1. The molecule has 0 saturated heterocycles. The SMILES string of the molecule is COC(=O)Cc1ccc2c(c1)NC(=O)c1ccc(-c3ccc(Cn4ccnc4)c(OC)c3)cc1N2. The molecular formula is C27H24N4O4. The number of anilines is 3. The summed E-state index contributed by atoms with van der Waals surface area (Å²) in [5.74, 6) is 0.221. The molecule has 0 aliphatic carbocycles. The second-order valence-electron chi connectivity index (χ2n) is 8.23. The first-order chi connectivity index (χ1) is 17.0. The van der Waals surface area contributed by atoms with Gasteiger partial charge in [0.1, 0.15) is 5.75 Å². The lowest BCUT2D eigenvalue weighted by Gasteiger charge is -2.14. The Morgan fingerprint density at radius 2 is 1.77 bits per heavy atom. The first-order valence-electron chi connectivity index (χ1n) is 11.1. The fraction of sp³-hybridized carbons (Fsp3) is 0.148. The number of carbonyl (C=O) groups excluding carboxylic acids is 2. The molecule has 0 bridgehead atoms. The molecule has 3 aromatic carbocycles. The average Bonchev–Trinajstić information content (AvgIpc) is 3.34. The van der Waals surface area contributed by atoms with E-state index in [1.54, 1.807) is 31.8 Å². The second kappa shape index (κ2) is 9.34. The maximum atomic E-state index is 12.9. The van der Waals surface area contributed by atoms with Gasteiger partial charge < -0.3 is 24.7 Å². The summed E-state index contributed by atoms with van der Waals surface area (Å²) in [5, 5.41) is 6.30. The fourth-order valence-corrected chi connectivity index (χ4v) is 4.14. The van der Waals surface area contributed by atoms with Gasteiger partial charge in [0.2, 0.25) is 0 Å². The van der Waals surface area contributed by atoms with E-state index < -0.39 is 0 Å². The molecule has 5 rings (SSSR count). The van der Waals surface area contributed by atoms with Crippen LogP contribution in [-0.2, 0) is 22.5 Å². The summed E-state index contributed by atoms with van der Waals surface area (Å²) in [4.78, 5) is 28.7. The molecule has 1 aliphatic heterocycles. The van der Waals surface area contributed by atoms with Gasteiger partial charge in [0, 0.05) is 18.0 Å². The molecule has 0 saturated carbocycles. The van der Waals surface area contributed by atoms with E-state index in [2.05, 4.69) is 15.6 Å². The molecule has 2 N–H and O–H groups in total. The third-order valence-corrected chi connectivity index (χ3v) is 5.97. The Morgan fingerprint density at radius 3 is 2.54 bits per heavy atom. The molecule has 0 spiro atoms. The normalized spacial score (nSPS) is 12.0. The Labute approximate surface area is 202 Å². The van der Waals surface area contributed by atoms with Gasteiger partial charge in [0.15, 0.2) is 0 Å². The maximum Gasteiger partial charge on any atom is 0.309 e. The Hall–Kier alpha value is -4.59. The monoisotopic (exact) mass is 468 g/mol. The van der Waals surface area contributed by atoms with E-state index in [1.165, 1.54) is 7.11 Å². The van der Waals surface area contributed by atoms with Crippen LogP contribution in [0.2, 0.25) is 0 Å². The number of ether oxygens (including phenoxy) is 2. The summed E-state index contributed by atoms with van der Waals surface area (Å²) in [6.07, 6.45) is 5.56. The van der Waals surface area contributed by atoms with Gasteiger partial charge in [-0.15, -0.1) is 0 Å². The molecule has 0 fully saturated rings. The number of nitrogens with zero attached hydrogens (tertiary/aromatic N) is 2. The quantitative estimate of drug-likeness (QED) is 0.401. The van der Waals surface area contributed by atoms with Crippen molar-refractivity contribution in [3.8, 4) is 16.9 Å². The highest BCUT2D eigenvalue weighted by Crippen LogP contribution is 2.36. The topological polar surface area (TPSA) is 94.5 Å². The van der Waals surface area contributed by atoms with Gasteiger partial charge in [0.05, 0.1) is 56.1 Å². The number of hydrogen-bond acceptors (Lipinski definition) is 6. The van der Waals surface area contributed by atoms with Gasteiger partial charge in [-0.2, -0.15) is 0 Å². The molecule has 1 amide bonds. The van der Waals surface area contributed by atoms with Crippen LogP contribution in [0.4, 0.5) is 17.1 Å². The first-order valence-corrected chi connectivity index (χ1v) is 11.1. The van der Waals surface area contributed by atoms with Crippen molar-refractivity contribution in [2.24, 2.45) is 0 Å². The predicted octanol–water partition coefficient (Wildman–Crippen LogP) is 4.63. The summed E-state index contributed by atoms with van der Waals surface area (Å²) in [6.45, 7) is 0.657. The Balaban J connectivity index is 1.45. The van der Waals surface area contributed by atoms with E-state index in [0.29, 0.717) is 23.5 Å². The zero-order chi connectivity index (χ0) is 24.4. The van der Waals surface area contributed by atoms with Crippen molar-refractivity contribution in [3.05, 3.63) is 90.0 Å². The minimum Gasteiger partial charge on any atom is -0.496 e. The van der Waals surface area contributed by atoms with Gasteiger partial charge in [-0.3, -0.25) is 9.59 Å². The van der Waals surface area contributed by atoms with Gasteiger partial charge in [-0.05, 0) is 47.0 Å². The van der Waals surface area contributed by atoms with Crippen molar-refractivity contribution in [3.63, 3.8) is 0 Å². The Bertz CT molecular complexity index is 1410. The number of carbonyl (C=O) groups is 2. The molecular weight excluding hydrogens is 444 g/mol. The average molecular weight is 469 g/mol. The predicted molar refractivity (Wildman–Crippen MR) is 133 cm³/mol. The number of aromatic nitrogens is 2. The third kappa shape index (κ3) is 4.59. The number of hydrogen-bond donors (Lipinski definition) is 2. The van der Waals surface area contributed by atoms with E-state index in [0.717, 1.165) is 33.7 Å². The van der Waals surface area contributed by atoms with Crippen LogP contribution < -0.4 is 15.4 Å². The van der Waals surface area contributed by atoms with Crippen molar-refractivity contribution >= 4 is 28.9 Å². The molecule has 176 valence electrons. The zero-order valence-electron chi connectivity index (χ0n) is 19.4. The highest BCUT2D eigenvalue weighted by molar-refractivity contribution is 6.12. The van der Waals surface area contributed by atoms with Crippen molar-refractivity contribution in [1.29, 1.82) is 0 Å². The molecule has 1 aliphatic rings. The molecule has 4 aromatic rings. The van der Waals surface area contributed by atoms with E-state index >= 15 is 0 Å². The van der Waals surface area contributed by atoms with Crippen LogP contribution in [0.15, 0.2) is 73.3 Å². The number of amides is 1. The van der Waals surface area contributed by atoms with Crippen LogP contribution >= 0.6 is 0 Å². The lowest BCUT2D eigenvalue weighted by atomic mass is 10.00. The summed E-state index contributed by atoms with van der Waals surface area (Å²) in [6, 6.07) is 17.2. The first kappa shape index (κ1) is 22.2. The number of fused-ring (bicyclic) bond motifs is 2. The minimum atomic E-state index is -0.336. The Morgan fingerprint density at radius 1 is 0.943 bits per heavy atom. The van der Waals surface area contributed by atoms with Crippen molar-refractivity contribution in [2.45, 2.75) is 13.0 Å². The van der Waals surface area contributed by atoms with E-state index in [-0.39, 0.29) is 18.3 Å². The smallest absolute Gasteiger partial charge is 0.309 e. The summed E-state index contributed by atoms with van der Waals surface area (Å²) in [5.41, 5.74) is 6.30. The number of benzene rings is 3. The molecule has 0 unspecified atom stereocenters. The number of rotatable bonds is 6. The largest absolute Gasteiger partial charge is 0.496 e. The maximum absolute atomic E-state index is 12.9. The standard InChI is InChI=1S/C27H24N4O4/c1-34-25-14-19(4-5-20(25)15-31-10-9-28-16-31)18-6-7-21-23(13-18)29-22-8-3-17(12-26(32)35-2)11-24(22)30-27(21)33/h3-11,13-14,16,29H,12,15H2,1-2H3,(H,30,33). The van der Waals surface area contributed by atoms with E-state index in [4.69, 9.17) is 9.47 Å². The summed E-state index contributed by atoms with van der Waals surface area (Å²) < 4.78 is 12.4. The third-order valence-electron chi connectivity index (χ3n) is 5.97. The van der Waals surface area contributed by atoms with Crippen LogP contribution in [0.5, 0.6) is 5.75 Å². The highest BCUT2D eigenvalue weighted by atomic mass is 16.5. The van der Waals surface area contributed by atoms with Crippen LogP contribution in [0.1, 0.15) is 21.5 Å². The summed E-state index contributed by atoms with van der Waals surface area (Å²) in [7, 11) is 3.01. The molecule has 8 heteroatoms. The van der Waals surface area contributed by atoms with Gasteiger partial charge in [-0.1, -0.05) is 24.3 Å². The van der Waals surface area contributed by atoms with Gasteiger partial charge in [0.25, 0.3) is 5.91 Å². The molecule has 0 atom stereocenters. The molecule has 8 nitrogen and oxygen atoms in total. The van der Waals surface area contributed by atoms with Crippen molar-refractivity contribution in [2.75, 3.05) is 24.9 Å². The fourth-order valence-electron chi connectivity index (χ4n) is 4.14. The minimum absolute atomic E-state index is 0.134. The summed E-state index contributed by atoms with van der Waals surface area (Å²) >= 11 is 0. The van der Waals surface area contributed by atoms with Crippen molar-refractivity contribution in [1.82, 2.24) is 9.55 Å². The lowest BCUT2D eigenvalue weighted by Crippen LogP contribution is -2.11. The van der Waals surface area contributed by atoms with Gasteiger partial charge >= 0.3 is 5.97 Å². The molecule has 2 heterocycles. The number of methoxy groups -OCH3 is 2. The van der Waals surface area contributed by atoms with Crippen molar-refractivity contribution < 1.29 is 19.1 Å². The molecule has 1 aromatic heterocycles. The molecule has 0 radical (unpaired) electrons. The second-order valence-corrected chi connectivity index (χ2v) is 8.23. The zero-order valence-corrected chi connectivity index (χ0v) is 19.4. The van der Waals surface area contributed by atoms with E-state index in [9.17, 15) is 9.59 Å². The lowest BCUT2D eigenvalue weighted by molar-refractivity contribution is -0.139. The molecule has 35 heavy (non-hydrogen) atoms.